The smallest absolute Gasteiger partial charge is 0.250 e. The summed E-state index contributed by atoms with van der Waals surface area (Å²) in [6.07, 6.45) is 1.89. The van der Waals surface area contributed by atoms with Crippen LogP contribution in [0.15, 0.2) is 82.4 Å². The van der Waals surface area contributed by atoms with Crippen molar-refractivity contribution in [1.82, 2.24) is 10.0 Å². The highest BCUT2D eigenvalue weighted by Gasteiger charge is 2.27. The Labute approximate surface area is 182 Å². The van der Waals surface area contributed by atoms with Crippen molar-refractivity contribution in [1.29, 1.82) is 0 Å². The monoisotopic (exact) mass is 442 g/mol. The number of hydrogen-bond acceptors (Lipinski definition) is 4. The summed E-state index contributed by atoms with van der Waals surface area (Å²) in [5.41, 5.74) is 2.10. The average Bonchev–Trinajstić information content (AvgIpc) is 3.29. The molecule has 2 aromatic carbocycles. The molecule has 0 aliphatic rings. The Bertz CT molecular complexity index is 1020. The number of benzene rings is 2. The van der Waals surface area contributed by atoms with Crippen molar-refractivity contribution in [3.63, 3.8) is 0 Å². The Morgan fingerprint density at radius 1 is 0.933 bits per heavy atom. The van der Waals surface area contributed by atoms with Crippen LogP contribution in [-0.2, 0) is 27.7 Å². The topological polar surface area (TPSA) is 75.3 Å². The molecule has 0 aliphatic heterocycles. The van der Waals surface area contributed by atoms with E-state index in [1.807, 2.05) is 55.5 Å². The van der Waals surface area contributed by atoms with Gasteiger partial charge >= 0.3 is 0 Å². The summed E-state index contributed by atoms with van der Waals surface area (Å²) in [4.78, 5) is 13.0. The number of sulfonamides is 1. The highest BCUT2D eigenvalue weighted by Crippen LogP contribution is 2.17. The van der Waals surface area contributed by atoms with Gasteiger partial charge in [0.25, 0.3) is 10.0 Å². The predicted molar refractivity (Wildman–Crippen MR) is 121 cm³/mol. The molecule has 158 valence electrons. The minimum Gasteiger partial charge on any atom is -0.352 e. The minimum atomic E-state index is -3.76. The van der Waals surface area contributed by atoms with E-state index < -0.39 is 16.1 Å². The van der Waals surface area contributed by atoms with Gasteiger partial charge in [-0.05, 0) is 48.8 Å². The van der Waals surface area contributed by atoms with E-state index in [-0.39, 0.29) is 22.6 Å². The first-order valence-electron chi connectivity index (χ1n) is 9.88. The number of nitrogens with one attached hydrogen (secondary N) is 2. The molecule has 2 atom stereocenters. The van der Waals surface area contributed by atoms with E-state index in [2.05, 4.69) is 22.2 Å². The molecule has 1 amide bonds. The summed E-state index contributed by atoms with van der Waals surface area (Å²) in [7, 11) is -3.76. The average molecular weight is 443 g/mol. The van der Waals surface area contributed by atoms with Gasteiger partial charge in [-0.25, -0.2) is 8.42 Å². The normalized spacial score (nSPS) is 13.5. The number of hydrogen-bond donors (Lipinski definition) is 2. The van der Waals surface area contributed by atoms with E-state index in [4.69, 9.17) is 0 Å². The van der Waals surface area contributed by atoms with E-state index in [0.29, 0.717) is 0 Å². The van der Waals surface area contributed by atoms with Crippen LogP contribution in [0.3, 0.4) is 0 Å². The van der Waals surface area contributed by atoms with Crippen LogP contribution in [0.2, 0.25) is 0 Å². The van der Waals surface area contributed by atoms with Gasteiger partial charge in [-0.2, -0.15) is 4.72 Å². The van der Waals surface area contributed by atoms with Crippen LogP contribution in [-0.4, -0.2) is 26.4 Å². The third kappa shape index (κ3) is 6.52. The Morgan fingerprint density at radius 3 is 2.17 bits per heavy atom. The van der Waals surface area contributed by atoms with Crippen LogP contribution >= 0.6 is 11.3 Å². The number of amides is 1. The van der Waals surface area contributed by atoms with E-state index in [0.717, 1.165) is 29.7 Å². The second-order valence-electron chi connectivity index (χ2n) is 7.23. The van der Waals surface area contributed by atoms with Crippen LogP contribution < -0.4 is 10.0 Å². The molecule has 0 aliphatic carbocycles. The molecule has 0 saturated heterocycles. The zero-order valence-electron chi connectivity index (χ0n) is 16.8. The standard InChI is InChI=1S/C23H26N2O3S2/c1-18(14-15-19-9-4-2-5-10-19)24-23(26)21(17-20-11-6-3-7-12-20)25-30(27,28)22-13-8-16-29-22/h2-13,16,18,21,25H,14-15,17H2,1H3,(H,24,26)/t18-,21-/m0/s1. The maximum Gasteiger partial charge on any atom is 0.250 e. The van der Waals surface area contributed by atoms with Crippen molar-refractivity contribution in [2.24, 2.45) is 0 Å². The van der Waals surface area contributed by atoms with Gasteiger partial charge in [0.05, 0.1) is 0 Å². The molecule has 0 fully saturated rings. The van der Waals surface area contributed by atoms with Crippen LogP contribution in [0.25, 0.3) is 0 Å². The summed E-state index contributed by atoms with van der Waals surface area (Å²) in [6.45, 7) is 1.94. The van der Waals surface area contributed by atoms with E-state index >= 15 is 0 Å². The van der Waals surface area contributed by atoms with E-state index in [1.54, 1.807) is 11.4 Å². The van der Waals surface area contributed by atoms with Crippen molar-refractivity contribution in [2.75, 3.05) is 0 Å². The van der Waals surface area contributed by atoms with Crippen molar-refractivity contribution in [3.8, 4) is 0 Å². The molecular weight excluding hydrogens is 416 g/mol. The summed E-state index contributed by atoms with van der Waals surface area (Å²) in [6, 6.07) is 21.7. The highest BCUT2D eigenvalue weighted by atomic mass is 32.2. The van der Waals surface area contributed by atoms with Gasteiger partial charge in [0.15, 0.2) is 0 Å². The van der Waals surface area contributed by atoms with Gasteiger partial charge in [0.1, 0.15) is 10.3 Å². The zero-order chi connectivity index (χ0) is 21.4. The van der Waals surface area contributed by atoms with Crippen LogP contribution in [0.1, 0.15) is 24.5 Å². The van der Waals surface area contributed by atoms with Crippen molar-refractivity contribution < 1.29 is 13.2 Å². The lowest BCUT2D eigenvalue weighted by Crippen LogP contribution is -2.50. The lowest BCUT2D eigenvalue weighted by atomic mass is 10.0. The molecule has 0 spiro atoms. The van der Waals surface area contributed by atoms with E-state index in [1.165, 1.54) is 11.6 Å². The molecule has 0 radical (unpaired) electrons. The molecule has 0 bridgehead atoms. The summed E-state index contributed by atoms with van der Waals surface area (Å²) < 4.78 is 28.2. The Kier molecular flexibility index (Phi) is 7.79. The first-order chi connectivity index (χ1) is 14.4. The number of rotatable bonds is 10. The molecular formula is C23H26N2O3S2. The molecule has 2 N–H and O–H groups in total. The third-order valence-corrected chi connectivity index (χ3v) is 7.62. The predicted octanol–water partition coefficient (Wildman–Crippen LogP) is 3.78. The molecule has 3 rings (SSSR count). The number of carbonyl (C=O) groups is 1. The van der Waals surface area contributed by atoms with Gasteiger partial charge in [-0.15, -0.1) is 11.3 Å². The second-order valence-corrected chi connectivity index (χ2v) is 10.1. The summed E-state index contributed by atoms with van der Waals surface area (Å²) >= 11 is 1.13. The van der Waals surface area contributed by atoms with Crippen molar-refractivity contribution in [2.45, 2.75) is 42.5 Å². The molecule has 1 heterocycles. The Morgan fingerprint density at radius 2 is 1.57 bits per heavy atom. The van der Waals surface area contributed by atoms with Crippen LogP contribution in [0, 0.1) is 0 Å². The van der Waals surface area contributed by atoms with Gasteiger partial charge in [0, 0.05) is 6.04 Å². The minimum absolute atomic E-state index is 0.0813. The maximum absolute atomic E-state index is 13.0. The number of carbonyl (C=O) groups excluding carboxylic acids is 1. The number of aryl methyl sites for hydroxylation is 1. The van der Waals surface area contributed by atoms with Crippen LogP contribution in [0.4, 0.5) is 0 Å². The molecule has 0 saturated carbocycles. The van der Waals surface area contributed by atoms with Crippen LogP contribution in [0.5, 0.6) is 0 Å². The lowest BCUT2D eigenvalue weighted by molar-refractivity contribution is -0.123. The Hall–Kier alpha value is -2.48. The highest BCUT2D eigenvalue weighted by molar-refractivity contribution is 7.91. The fraction of sp³-hybridized carbons (Fsp3) is 0.261. The zero-order valence-corrected chi connectivity index (χ0v) is 18.5. The van der Waals surface area contributed by atoms with Gasteiger partial charge in [0.2, 0.25) is 5.91 Å². The first kappa shape index (κ1) is 22.2. The molecule has 5 nitrogen and oxygen atoms in total. The van der Waals surface area contributed by atoms with E-state index in [9.17, 15) is 13.2 Å². The summed E-state index contributed by atoms with van der Waals surface area (Å²) in [5.74, 6) is -0.320. The quantitative estimate of drug-likeness (QED) is 0.502. The van der Waals surface area contributed by atoms with Gasteiger partial charge in [-0.1, -0.05) is 66.7 Å². The molecule has 7 heteroatoms. The van der Waals surface area contributed by atoms with Crippen molar-refractivity contribution >= 4 is 27.3 Å². The SMILES string of the molecule is C[C@@H](CCc1ccccc1)NC(=O)[C@H](Cc1ccccc1)NS(=O)(=O)c1cccs1. The maximum atomic E-state index is 13.0. The largest absolute Gasteiger partial charge is 0.352 e. The second kappa shape index (κ2) is 10.5. The number of thiophene rings is 1. The van der Waals surface area contributed by atoms with Gasteiger partial charge < -0.3 is 5.32 Å². The third-order valence-electron chi connectivity index (χ3n) is 4.75. The first-order valence-corrected chi connectivity index (χ1v) is 12.2. The summed E-state index contributed by atoms with van der Waals surface area (Å²) in [5, 5.41) is 4.68. The fourth-order valence-electron chi connectivity index (χ4n) is 3.14. The molecule has 30 heavy (non-hydrogen) atoms. The molecule has 0 unspecified atom stereocenters. The molecule has 3 aromatic rings. The fourth-order valence-corrected chi connectivity index (χ4v) is 5.35. The van der Waals surface area contributed by atoms with Gasteiger partial charge in [-0.3, -0.25) is 4.79 Å². The van der Waals surface area contributed by atoms with Crippen molar-refractivity contribution in [3.05, 3.63) is 89.3 Å². The Balaban J connectivity index is 1.67. The lowest BCUT2D eigenvalue weighted by Gasteiger charge is -2.21. The molecule has 1 aromatic heterocycles.